The van der Waals surface area contributed by atoms with Gasteiger partial charge in [0.05, 0.1) is 31.0 Å². The second kappa shape index (κ2) is 17.9. The summed E-state index contributed by atoms with van der Waals surface area (Å²) in [6.45, 7) is 9.99. The fourth-order valence-electron chi connectivity index (χ4n) is 6.08. The minimum Gasteiger partial charge on any atom is -0.396 e. The molecule has 1 aliphatic heterocycles. The lowest BCUT2D eigenvalue weighted by Gasteiger charge is -2.39. The number of nitrogens with zero attached hydrogens (tertiary/aromatic N) is 1. The van der Waals surface area contributed by atoms with E-state index in [-0.39, 0.29) is 60.7 Å². The van der Waals surface area contributed by atoms with Gasteiger partial charge in [0.1, 0.15) is 11.9 Å². The Morgan fingerprint density at radius 1 is 1.05 bits per heavy atom. The number of rotatable bonds is 19. The molecule has 1 amide bonds. The van der Waals surface area contributed by atoms with Gasteiger partial charge >= 0.3 is 0 Å². The second-order valence-corrected chi connectivity index (χ2v) is 12.4. The number of Topliss-reactive ketones (excluding diaryl/α,β-unsaturated/α-hetero) is 2. The number of aryl methyl sites for hydroxylation is 1. The third kappa shape index (κ3) is 9.69. The predicted octanol–water partition coefficient (Wildman–Crippen LogP) is 4.89. The summed E-state index contributed by atoms with van der Waals surface area (Å²) < 4.78 is 17.6. The summed E-state index contributed by atoms with van der Waals surface area (Å²) in [6, 6.07) is 9.80. The average Bonchev–Trinajstić information content (AvgIpc) is 3.36. The van der Waals surface area contributed by atoms with Crippen LogP contribution in [0.1, 0.15) is 78.7 Å². The van der Waals surface area contributed by atoms with Gasteiger partial charge in [-0.15, -0.1) is 0 Å². The van der Waals surface area contributed by atoms with E-state index in [0.29, 0.717) is 19.3 Å². The van der Waals surface area contributed by atoms with Crippen molar-refractivity contribution in [2.24, 2.45) is 23.7 Å². The normalized spacial score (nSPS) is 23.4. The van der Waals surface area contributed by atoms with Crippen molar-refractivity contribution in [3.63, 3.8) is 0 Å². The van der Waals surface area contributed by atoms with Crippen LogP contribution in [0.4, 0.5) is 0 Å². The van der Waals surface area contributed by atoms with Crippen LogP contribution >= 0.6 is 0 Å². The number of hydrogen-bond donors (Lipinski definition) is 1. The van der Waals surface area contributed by atoms with Crippen LogP contribution in [0.2, 0.25) is 0 Å². The molecule has 1 aromatic carbocycles. The van der Waals surface area contributed by atoms with Crippen molar-refractivity contribution in [3.8, 4) is 0 Å². The number of likely N-dealkylation sites (N-methyl/N-ethyl adjacent to an activating group) is 1. The van der Waals surface area contributed by atoms with E-state index in [4.69, 9.17) is 14.2 Å². The van der Waals surface area contributed by atoms with Crippen LogP contribution in [0.3, 0.4) is 0 Å². The summed E-state index contributed by atoms with van der Waals surface area (Å²) in [5.41, 5.74) is 1.18. The number of amides is 1. The van der Waals surface area contributed by atoms with Gasteiger partial charge in [0.15, 0.2) is 5.78 Å². The fraction of sp³-hybridized carbons (Fsp3) is 0.735. The molecule has 0 aromatic heterocycles. The Hall–Kier alpha value is -2.13. The number of carbonyl (C=O) groups excluding carboxylic acids is 3. The maximum Gasteiger partial charge on any atom is 0.225 e. The van der Waals surface area contributed by atoms with Crippen LogP contribution in [0, 0.1) is 23.7 Å². The van der Waals surface area contributed by atoms with Gasteiger partial charge in [-0.05, 0) is 36.7 Å². The van der Waals surface area contributed by atoms with Crippen LogP contribution in [-0.2, 0) is 35.0 Å². The number of ketones is 2. The number of aliphatic hydroxyl groups is 1. The first kappa shape index (κ1) is 36.1. The molecule has 1 N–H and O–H groups in total. The van der Waals surface area contributed by atoms with E-state index >= 15 is 0 Å². The first-order valence-electron chi connectivity index (χ1n) is 15.7. The Morgan fingerprint density at radius 3 is 2.26 bits per heavy atom. The lowest BCUT2D eigenvalue weighted by Crippen LogP contribution is -2.51. The lowest BCUT2D eigenvalue weighted by atomic mass is 9.87. The molecule has 2 unspecified atom stereocenters. The van der Waals surface area contributed by atoms with Crippen LogP contribution in [0.15, 0.2) is 30.3 Å². The van der Waals surface area contributed by atoms with E-state index in [1.165, 1.54) is 12.7 Å². The van der Waals surface area contributed by atoms with Crippen molar-refractivity contribution in [2.45, 2.75) is 110 Å². The Morgan fingerprint density at radius 2 is 1.71 bits per heavy atom. The molecule has 0 radical (unpaired) electrons. The third-order valence-corrected chi connectivity index (χ3v) is 9.28. The quantitative estimate of drug-likeness (QED) is 0.245. The SMILES string of the molecule is CC[C@H](C)C([C@@H](CC(=O)CC[C@H]1OC(C(=O)CCCc2ccccc2)[C@@H](OC)[C@@H]1CO)OC)N(C)C(=O)[C@@H](C)C(C)C. The first-order chi connectivity index (χ1) is 20.0. The van der Waals surface area contributed by atoms with Crippen molar-refractivity contribution >= 4 is 17.5 Å². The van der Waals surface area contributed by atoms with Crippen molar-refractivity contribution in [2.75, 3.05) is 27.9 Å². The minimum atomic E-state index is -0.757. The van der Waals surface area contributed by atoms with E-state index in [2.05, 4.69) is 13.8 Å². The highest BCUT2D eigenvalue weighted by Gasteiger charge is 2.47. The van der Waals surface area contributed by atoms with E-state index in [1.54, 1.807) is 12.0 Å². The summed E-state index contributed by atoms with van der Waals surface area (Å²) in [7, 11) is 4.94. The molecular formula is C34H55NO7. The highest BCUT2D eigenvalue weighted by molar-refractivity contribution is 5.84. The summed E-state index contributed by atoms with van der Waals surface area (Å²) in [6.07, 6.45) is 1.26. The van der Waals surface area contributed by atoms with Gasteiger partial charge in [0.2, 0.25) is 5.91 Å². The predicted molar refractivity (Wildman–Crippen MR) is 164 cm³/mol. The standard InChI is InChI=1S/C34H55NO7/c1-9-23(4)31(35(6)34(39)24(5)22(2)3)30(40-7)20-26(37)18-19-29-27(21-36)32(41-8)33(42-29)28(38)17-13-16-25-14-11-10-12-15-25/h10-12,14-15,22-24,27,29-33,36H,9,13,16-21H2,1-8H3/t23-,24-,27+,29+,30+,31?,32-,33?/m0/s1. The Balaban J connectivity index is 2.02. The highest BCUT2D eigenvalue weighted by Crippen LogP contribution is 2.34. The van der Waals surface area contributed by atoms with Crippen LogP contribution in [0.25, 0.3) is 0 Å². The Labute approximate surface area is 253 Å². The Kier molecular flexibility index (Phi) is 15.3. The number of methoxy groups -OCH3 is 2. The molecule has 0 aliphatic carbocycles. The number of aliphatic hydroxyl groups excluding tert-OH is 1. The lowest BCUT2D eigenvalue weighted by molar-refractivity contribution is -0.143. The molecule has 238 valence electrons. The van der Waals surface area contributed by atoms with Gasteiger partial charge in [-0.1, -0.05) is 71.4 Å². The molecule has 1 saturated heterocycles. The molecule has 0 saturated carbocycles. The number of ether oxygens (including phenoxy) is 3. The zero-order valence-electron chi connectivity index (χ0n) is 27.1. The largest absolute Gasteiger partial charge is 0.396 e. The van der Waals surface area contributed by atoms with E-state index in [9.17, 15) is 19.5 Å². The molecule has 1 fully saturated rings. The van der Waals surface area contributed by atoms with Gasteiger partial charge in [-0.25, -0.2) is 0 Å². The molecule has 0 bridgehead atoms. The molecule has 8 heteroatoms. The Bertz CT molecular complexity index is 968. The van der Waals surface area contributed by atoms with Gasteiger partial charge in [-0.2, -0.15) is 0 Å². The van der Waals surface area contributed by atoms with Gasteiger partial charge in [0, 0.05) is 52.4 Å². The monoisotopic (exact) mass is 589 g/mol. The topological polar surface area (TPSA) is 102 Å². The number of benzene rings is 1. The molecule has 1 heterocycles. The molecule has 2 rings (SSSR count). The van der Waals surface area contributed by atoms with Crippen LogP contribution in [-0.4, -0.2) is 85.8 Å². The zero-order valence-corrected chi connectivity index (χ0v) is 27.1. The van der Waals surface area contributed by atoms with Crippen molar-refractivity contribution in [1.82, 2.24) is 4.90 Å². The van der Waals surface area contributed by atoms with E-state index < -0.39 is 30.3 Å². The third-order valence-electron chi connectivity index (χ3n) is 9.28. The van der Waals surface area contributed by atoms with Crippen LogP contribution in [0.5, 0.6) is 0 Å². The van der Waals surface area contributed by atoms with Crippen molar-refractivity contribution in [3.05, 3.63) is 35.9 Å². The maximum atomic E-state index is 13.3. The summed E-state index contributed by atoms with van der Waals surface area (Å²) in [5, 5.41) is 10.2. The molecule has 42 heavy (non-hydrogen) atoms. The maximum absolute atomic E-state index is 13.3. The molecular weight excluding hydrogens is 534 g/mol. The molecule has 1 aliphatic rings. The summed E-state index contributed by atoms with van der Waals surface area (Å²) >= 11 is 0. The van der Waals surface area contributed by atoms with E-state index in [0.717, 1.165) is 12.8 Å². The molecule has 0 spiro atoms. The second-order valence-electron chi connectivity index (χ2n) is 12.4. The average molecular weight is 590 g/mol. The van der Waals surface area contributed by atoms with E-state index in [1.807, 2.05) is 58.2 Å². The molecule has 1 aromatic rings. The first-order valence-corrected chi connectivity index (χ1v) is 15.7. The van der Waals surface area contributed by atoms with Crippen LogP contribution < -0.4 is 0 Å². The molecule has 8 atom stereocenters. The summed E-state index contributed by atoms with van der Waals surface area (Å²) in [4.78, 5) is 41.4. The summed E-state index contributed by atoms with van der Waals surface area (Å²) in [5.74, 6) is -0.152. The van der Waals surface area contributed by atoms with Crippen molar-refractivity contribution in [1.29, 1.82) is 0 Å². The molecule has 8 nitrogen and oxygen atoms in total. The number of hydrogen-bond acceptors (Lipinski definition) is 7. The zero-order chi connectivity index (χ0) is 31.4. The smallest absolute Gasteiger partial charge is 0.225 e. The fourth-order valence-corrected chi connectivity index (χ4v) is 6.08. The highest BCUT2D eigenvalue weighted by atomic mass is 16.6. The van der Waals surface area contributed by atoms with Gasteiger partial charge in [0.25, 0.3) is 0 Å². The minimum absolute atomic E-state index is 0.000181. The number of carbonyl (C=O) groups is 3. The van der Waals surface area contributed by atoms with Gasteiger partial charge < -0.3 is 24.2 Å². The van der Waals surface area contributed by atoms with Gasteiger partial charge in [-0.3, -0.25) is 14.4 Å². The van der Waals surface area contributed by atoms with Crippen molar-refractivity contribution < 1.29 is 33.7 Å².